The van der Waals surface area contributed by atoms with Gasteiger partial charge in [-0.2, -0.15) is 0 Å². The van der Waals surface area contributed by atoms with Gasteiger partial charge in [-0.25, -0.2) is 0 Å². The van der Waals surface area contributed by atoms with Crippen molar-refractivity contribution in [1.82, 2.24) is 9.88 Å². The van der Waals surface area contributed by atoms with E-state index in [1.165, 1.54) is 27.7 Å². The Kier molecular flexibility index (Phi) is 3.53. The lowest BCUT2D eigenvalue weighted by Gasteiger charge is -2.09. The SMILES string of the molecule is CCc1c(CCN(C)C)[nH]c2ccc(C)cc12. The third-order valence-electron chi connectivity index (χ3n) is 3.31. The molecule has 2 heteroatoms. The first-order chi connectivity index (χ1) is 8.11. The van der Waals surface area contributed by atoms with Crippen LogP contribution in [0, 0.1) is 6.92 Å². The molecule has 0 saturated carbocycles. The minimum atomic E-state index is 1.10. The lowest BCUT2D eigenvalue weighted by Crippen LogP contribution is -2.15. The molecule has 0 aliphatic carbocycles. The van der Waals surface area contributed by atoms with Gasteiger partial charge >= 0.3 is 0 Å². The zero-order valence-electron chi connectivity index (χ0n) is 11.3. The number of hydrogen-bond donors (Lipinski definition) is 1. The molecule has 0 aliphatic rings. The maximum atomic E-state index is 3.57. The van der Waals surface area contributed by atoms with E-state index >= 15 is 0 Å². The summed E-state index contributed by atoms with van der Waals surface area (Å²) in [6, 6.07) is 6.67. The van der Waals surface area contributed by atoms with Crippen LogP contribution < -0.4 is 0 Å². The Labute approximate surface area is 104 Å². The summed E-state index contributed by atoms with van der Waals surface area (Å²) < 4.78 is 0. The number of rotatable bonds is 4. The van der Waals surface area contributed by atoms with Crippen LogP contribution in [0.4, 0.5) is 0 Å². The minimum absolute atomic E-state index is 1.10. The van der Waals surface area contributed by atoms with Gasteiger partial charge in [0.15, 0.2) is 0 Å². The standard InChI is InChI=1S/C15H22N2/c1-5-12-13-10-11(2)6-7-14(13)16-15(12)8-9-17(3)4/h6-7,10,16H,5,8-9H2,1-4H3. The summed E-state index contributed by atoms with van der Waals surface area (Å²) in [5.74, 6) is 0. The van der Waals surface area contributed by atoms with Crippen molar-refractivity contribution in [2.45, 2.75) is 26.7 Å². The number of likely N-dealkylation sites (N-methyl/N-ethyl adjacent to an activating group) is 1. The Morgan fingerprint density at radius 1 is 1.24 bits per heavy atom. The minimum Gasteiger partial charge on any atom is -0.358 e. The molecule has 2 rings (SSSR count). The monoisotopic (exact) mass is 230 g/mol. The van der Waals surface area contributed by atoms with Crippen LogP contribution in [0.5, 0.6) is 0 Å². The highest BCUT2D eigenvalue weighted by molar-refractivity contribution is 5.85. The van der Waals surface area contributed by atoms with Gasteiger partial charge < -0.3 is 9.88 Å². The average Bonchev–Trinajstić information content (AvgIpc) is 2.63. The van der Waals surface area contributed by atoms with E-state index in [-0.39, 0.29) is 0 Å². The molecule has 0 fully saturated rings. The van der Waals surface area contributed by atoms with E-state index in [1.807, 2.05) is 0 Å². The van der Waals surface area contributed by atoms with Gasteiger partial charge in [-0.3, -0.25) is 0 Å². The number of aromatic nitrogens is 1. The molecule has 1 N–H and O–H groups in total. The number of aromatic amines is 1. The highest BCUT2D eigenvalue weighted by atomic mass is 15.0. The number of nitrogens with one attached hydrogen (secondary N) is 1. The van der Waals surface area contributed by atoms with Gasteiger partial charge in [0.05, 0.1) is 0 Å². The van der Waals surface area contributed by atoms with Crippen LogP contribution in [0.2, 0.25) is 0 Å². The molecule has 0 saturated heterocycles. The maximum absolute atomic E-state index is 3.57. The first-order valence-corrected chi connectivity index (χ1v) is 6.36. The second kappa shape index (κ2) is 4.92. The Morgan fingerprint density at radius 2 is 2.00 bits per heavy atom. The van der Waals surface area contributed by atoms with Gasteiger partial charge in [-0.15, -0.1) is 0 Å². The van der Waals surface area contributed by atoms with E-state index in [1.54, 1.807) is 0 Å². The van der Waals surface area contributed by atoms with Gasteiger partial charge in [-0.1, -0.05) is 18.6 Å². The van der Waals surface area contributed by atoms with E-state index in [4.69, 9.17) is 0 Å². The van der Waals surface area contributed by atoms with E-state index in [2.05, 4.69) is 56.0 Å². The normalized spacial score (nSPS) is 11.6. The van der Waals surface area contributed by atoms with E-state index in [0.717, 1.165) is 19.4 Å². The summed E-state index contributed by atoms with van der Waals surface area (Å²) in [5.41, 5.74) is 5.51. The van der Waals surface area contributed by atoms with Crippen LogP contribution in [0.3, 0.4) is 0 Å². The first kappa shape index (κ1) is 12.2. The maximum Gasteiger partial charge on any atom is 0.0459 e. The fourth-order valence-corrected chi connectivity index (χ4v) is 2.37. The van der Waals surface area contributed by atoms with Crippen LogP contribution in [0.15, 0.2) is 18.2 Å². The molecule has 1 aromatic heterocycles. The molecule has 1 aromatic carbocycles. The average molecular weight is 230 g/mol. The summed E-state index contributed by atoms with van der Waals surface area (Å²) in [7, 11) is 4.25. The van der Waals surface area contributed by atoms with Gasteiger partial charge in [0.2, 0.25) is 0 Å². The summed E-state index contributed by atoms with van der Waals surface area (Å²) in [5, 5.41) is 1.40. The Balaban J connectivity index is 2.41. The van der Waals surface area contributed by atoms with Crippen molar-refractivity contribution in [2.75, 3.05) is 20.6 Å². The van der Waals surface area contributed by atoms with Crippen molar-refractivity contribution in [3.8, 4) is 0 Å². The number of aryl methyl sites for hydroxylation is 2. The number of fused-ring (bicyclic) bond motifs is 1. The number of hydrogen-bond acceptors (Lipinski definition) is 1. The molecule has 1 heterocycles. The fourth-order valence-electron chi connectivity index (χ4n) is 2.37. The second-order valence-electron chi connectivity index (χ2n) is 5.04. The molecule has 0 amide bonds. The summed E-state index contributed by atoms with van der Waals surface area (Å²) in [6.07, 6.45) is 2.20. The molecule has 0 atom stereocenters. The van der Waals surface area contributed by atoms with Crippen LogP contribution in [0.1, 0.15) is 23.7 Å². The lowest BCUT2D eigenvalue weighted by atomic mass is 10.0. The van der Waals surface area contributed by atoms with E-state index in [0.29, 0.717) is 0 Å². The summed E-state index contributed by atoms with van der Waals surface area (Å²) in [4.78, 5) is 5.80. The quantitative estimate of drug-likeness (QED) is 0.855. The second-order valence-corrected chi connectivity index (χ2v) is 5.04. The van der Waals surface area contributed by atoms with Crippen molar-refractivity contribution in [1.29, 1.82) is 0 Å². The number of H-pyrrole nitrogens is 1. The van der Waals surface area contributed by atoms with E-state index in [9.17, 15) is 0 Å². The van der Waals surface area contributed by atoms with Crippen molar-refractivity contribution in [3.63, 3.8) is 0 Å². The molecule has 0 radical (unpaired) electrons. The first-order valence-electron chi connectivity index (χ1n) is 6.36. The molecule has 0 aliphatic heterocycles. The van der Waals surface area contributed by atoms with Crippen LogP contribution in [0.25, 0.3) is 10.9 Å². The van der Waals surface area contributed by atoms with Gasteiger partial charge in [0.25, 0.3) is 0 Å². The summed E-state index contributed by atoms with van der Waals surface area (Å²) in [6.45, 7) is 5.49. The smallest absolute Gasteiger partial charge is 0.0459 e. The van der Waals surface area contributed by atoms with Gasteiger partial charge in [0, 0.05) is 29.6 Å². The molecular weight excluding hydrogens is 208 g/mol. The zero-order valence-corrected chi connectivity index (χ0v) is 11.3. The van der Waals surface area contributed by atoms with E-state index < -0.39 is 0 Å². The van der Waals surface area contributed by atoms with Crippen molar-refractivity contribution < 1.29 is 0 Å². The van der Waals surface area contributed by atoms with Crippen molar-refractivity contribution in [3.05, 3.63) is 35.0 Å². The van der Waals surface area contributed by atoms with Crippen LogP contribution >= 0.6 is 0 Å². The molecular formula is C15H22N2. The molecule has 92 valence electrons. The highest BCUT2D eigenvalue weighted by Crippen LogP contribution is 2.24. The largest absolute Gasteiger partial charge is 0.358 e. The van der Waals surface area contributed by atoms with Crippen LogP contribution in [-0.2, 0) is 12.8 Å². The highest BCUT2D eigenvalue weighted by Gasteiger charge is 2.09. The molecule has 17 heavy (non-hydrogen) atoms. The van der Waals surface area contributed by atoms with Crippen molar-refractivity contribution >= 4 is 10.9 Å². The van der Waals surface area contributed by atoms with Gasteiger partial charge in [-0.05, 0) is 45.1 Å². The molecule has 0 bridgehead atoms. The predicted octanol–water partition coefficient (Wildman–Crippen LogP) is 3.14. The Morgan fingerprint density at radius 3 is 2.65 bits per heavy atom. The molecule has 0 unspecified atom stereocenters. The zero-order chi connectivity index (χ0) is 12.4. The molecule has 2 nitrogen and oxygen atoms in total. The van der Waals surface area contributed by atoms with Crippen molar-refractivity contribution in [2.24, 2.45) is 0 Å². The molecule has 0 spiro atoms. The fraction of sp³-hybridized carbons (Fsp3) is 0.467. The number of benzene rings is 1. The lowest BCUT2D eigenvalue weighted by molar-refractivity contribution is 0.411. The third kappa shape index (κ3) is 2.52. The Bertz CT molecular complexity index is 509. The predicted molar refractivity (Wildman–Crippen MR) is 74.7 cm³/mol. The Hall–Kier alpha value is -1.28. The molecule has 2 aromatic rings. The topological polar surface area (TPSA) is 19.0 Å². The summed E-state index contributed by atoms with van der Waals surface area (Å²) >= 11 is 0. The number of nitrogens with zero attached hydrogens (tertiary/aromatic N) is 1. The third-order valence-corrected chi connectivity index (χ3v) is 3.31. The van der Waals surface area contributed by atoms with Crippen LogP contribution in [-0.4, -0.2) is 30.5 Å². The van der Waals surface area contributed by atoms with Gasteiger partial charge in [0.1, 0.15) is 0 Å².